The highest BCUT2D eigenvalue weighted by Crippen LogP contribution is 2.30. The molecule has 0 atom stereocenters. The second-order valence-electron chi connectivity index (χ2n) is 7.05. The van der Waals surface area contributed by atoms with Crippen LogP contribution in [-0.2, 0) is 0 Å². The first kappa shape index (κ1) is 19.8. The Bertz CT molecular complexity index is 1050. The van der Waals surface area contributed by atoms with Gasteiger partial charge in [0.25, 0.3) is 5.91 Å². The van der Waals surface area contributed by atoms with Crippen LogP contribution < -0.4 is 15.0 Å². The van der Waals surface area contributed by atoms with Crippen LogP contribution in [0.3, 0.4) is 0 Å². The van der Waals surface area contributed by atoms with E-state index in [1.807, 2.05) is 30.5 Å². The van der Waals surface area contributed by atoms with E-state index in [4.69, 9.17) is 27.9 Å². The summed E-state index contributed by atoms with van der Waals surface area (Å²) in [7, 11) is 1.65. The number of piperidine rings is 1. The van der Waals surface area contributed by atoms with Crippen molar-refractivity contribution in [1.29, 1.82) is 0 Å². The number of nitrogens with one attached hydrogen (secondary N) is 1. The van der Waals surface area contributed by atoms with Crippen molar-refractivity contribution in [2.24, 2.45) is 0 Å². The number of carbonyl (C=O) groups excluding carboxylic acids is 1. The van der Waals surface area contributed by atoms with Crippen molar-refractivity contribution in [2.45, 2.75) is 18.9 Å². The van der Waals surface area contributed by atoms with Crippen LogP contribution in [0.2, 0.25) is 10.0 Å². The smallest absolute Gasteiger partial charge is 0.253 e. The predicted molar refractivity (Wildman–Crippen MR) is 117 cm³/mol. The highest BCUT2D eigenvalue weighted by atomic mass is 35.5. The fourth-order valence-corrected chi connectivity index (χ4v) is 4.11. The molecular weight excluding hydrogens is 409 g/mol. The van der Waals surface area contributed by atoms with Crippen molar-refractivity contribution >= 4 is 45.7 Å². The van der Waals surface area contributed by atoms with Crippen LogP contribution in [0.5, 0.6) is 5.75 Å². The van der Waals surface area contributed by atoms with E-state index in [1.165, 1.54) is 0 Å². The molecule has 2 aromatic carbocycles. The van der Waals surface area contributed by atoms with Gasteiger partial charge in [-0.25, -0.2) is 0 Å². The molecule has 0 bridgehead atoms. The van der Waals surface area contributed by atoms with Gasteiger partial charge in [-0.05, 0) is 43.2 Å². The van der Waals surface area contributed by atoms with Gasteiger partial charge in [0, 0.05) is 42.5 Å². The Hall–Kier alpha value is -2.50. The average molecular weight is 430 g/mol. The highest BCUT2D eigenvalue weighted by molar-refractivity contribution is 6.43. The fraction of sp³-hybridized carbons (Fsp3) is 0.273. The van der Waals surface area contributed by atoms with Gasteiger partial charge in [-0.3, -0.25) is 9.78 Å². The molecule has 0 unspecified atom stereocenters. The Morgan fingerprint density at radius 2 is 1.97 bits per heavy atom. The number of rotatable bonds is 4. The topological polar surface area (TPSA) is 54.5 Å². The molecule has 3 aromatic rings. The van der Waals surface area contributed by atoms with Crippen molar-refractivity contribution in [1.82, 2.24) is 10.3 Å². The summed E-state index contributed by atoms with van der Waals surface area (Å²) in [5, 5.41) is 4.87. The van der Waals surface area contributed by atoms with E-state index in [0.717, 1.165) is 48.3 Å². The van der Waals surface area contributed by atoms with Crippen molar-refractivity contribution in [3.8, 4) is 5.75 Å². The van der Waals surface area contributed by atoms with Crippen LogP contribution in [0.4, 0.5) is 5.69 Å². The number of methoxy groups -OCH3 is 1. The Morgan fingerprint density at radius 1 is 1.17 bits per heavy atom. The van der Waals surface area contributed by atoms with Crippen molar-refractivity contribution in [3.63, 3.8) is 0 Å². The van der Waals surface area contributed by atoms with Crippen molar-refractivity contribution in [3.05, 3.63) is 64.3 Å². The van der Waals surface area contributed by atoms with Crippen LogP contribution in [0.25, 0.3) is 10.9 Å². The van der Waals surface area contributed by atoms with Gasteiger partial charge in [-0.2, -0.15) is 0 Å². The molecule has 7 heteroatoms. The molecule has 5 nitrogen and oxygen atoms in total. The maximum atomic E-state index is 12.6. The Kier molecular flexibility index (Phi) is 5.79. The average Bonchev–Trinajstić information content (AvgIpc) is 2.75. The minimum atomic E-state index is -0.183. The molecule has 0 spiro atoms. The maximum absolute atomic E-state index is 12.6. The molecule has 1 aliphatic rings. The monoisotopic (exact) mass is 429 g/mol. The summed E-state index contributed by atoms with van der Waals surface area (Å²) in [6, 6.07) is 13.2. The quantitative estimate of drug-likeness (QED) is 0.637. The van der Waals surface area contributed by atoms with Crippen LogP contribution in [0.15, 0.2) is 48.7 Å². The van der Waals surface area contributed by atoms with E-state index in [1.54, 1.807) is 25.3 Å². The van der Waals surface area contributed by atoms with Crippen LogP contribution >= 0.6 is 23.2 Å². The molecule has 150 valence electrons. The lowest BCUT2D eigenvalue weighted by atomic mass is 10.0. The van der Waals surface area contributed by atoms with E-state index in [0.29, 0.717) is 15.6 Å². The minimum Gasteiger partial charge on any atom is -0.497 e. The third-order valence-electron chi connectivity index (χ3n) is 5.29. The van der Waals surface area contributed by atoms with Gasteiger partial charge in [-0.1, -0.05) is 29.3 Å². The van der Waals surface area contributed by atoms with E-state index in [9.17, 15) is 4.79 Å². The molecule has 0 aliphatic carbocycles. The first-order chi connectivity index (χ1) is 14.1. The number of nitrogens with zero attached hydrogens (tertiary/aromatic N) is 2. The number of amides is 1. The lowest BCUT2D eigenvalue weighted by Gasteiger charge is -2.34. The molecule has 1 amide bonds. The molecule has 1 fully saturated rings. The Labute approximate surface area is 179 Å². The standard InChI is InChI=1S/C22H21Cl2N3O2/c1-29-15-5-6-16-19(13-15)25-10-7-20(16)27-11-8-14(9-12-27)26-22(28)17-3-2-4-18(23)21(17)24/h2-7,10,13-14H,8-9,11-12H2,1H3,(H,26,28). The predicted octanol–water partition coefficient (Wildman–Crippen LogP) is 4.95. The zero-order chi connectivity index (χ0) is 20.4. The molecule has 29 heavy (non-hydrogen) atoms. The van der Waals surface area contributed by atoms with Crippen molar-refractivity contribution in [2.75, 3.05) is 25.1 Å². The molecule has 1 aliphatic heterocycles. The summed E-state index contributed by atoms with van der Waals surface area (Å²) < 4.78 is 5.30. The number of carbonyl (C=O) groups is 1. The van der Waals surface area contributed by atoms with E-state index in [-0.39, 0.29) is 11.9 Å². The summed E-state index contributed by atoms with van der Waals surface area (Å²) in [4.78, 5) is 19.4. The normalized spacial score (nSPS) is 14.8. The molecule has 4 rings (SSSR count). The van der Waals surface area contributed by atoms with E-state index < -0.39 is 0 Å². The minimum absolute atomic E-state index is 0.0991. The number of benzene rings is 2. The molecular formula is C22H21Cl2N3O2. The molecule has 1 saturated heterocycles. The Morgan fingerprint density at radius 3 is 2.72 bits per heavy atom. The molecule has 2 heterocycles. The lowest BCUT2D eigenvalue weighted by molar-refractivity contribution is 0.0931. The maximum Gasteiger partial charge on any atom is 0.253 e. The largest absolute Gasteiger partial charge is 0.497 e. The zero-order valence-corrected chi connectivity index (χ0v) is 17.5. The Balaban J connectivity index is 1.44. The van der Waals surface area contributed by atoms with E-state index in [2.05, 4.69) is 15.2 Å². The number of aromatic nitrogens is 1. The third kappa shape index (κ3) is 4.11. The summed E-state index contributed by atoms with van der Waals surface area (Å²) in [5.41, 5.74) is 2.48. The van der Waals surface area contributed by atoms with Gasteiger partial charge >= 0.3 is 0 Å². The van der Waals surface area contributed by atoms with Gasteiger partial charge in [0.2, 0.25) is 0 Å². The molecule has 1 N–H and O–H groups in total. The fourth-order valence-electron chi connectivity index (χ4n) is 3.72. The highest BCUT2D eigenvalue weighted by Gasteiger charge is 2.23. The number of ether oxygens (including phenoxy) is 1. The molecule has 0 radical (unpaired) electrons. The van der Waals surface area contributed by atoms with Crippen LogP contribution in [0, 0.1) is 0 Å². The number of hydrogen-bond donors (Lipinski definition) is 1. The molecule has 0 saturated carbocycles. The van der Waals surface area contributed by atoms with Gasteiger partial charge < -0.3 is 15.0 Å². The van der Waals surface area contributed by atoms with E-state index >= 15 is 0 Å². The summed E-state index contributed by atoms with van der Waals surface area (Å²) >= 11 is 12.2. The first-order valence-corrected chi connectivity index (χ1v) is 10.2. The number of pyridine rings is 1. The second kappa shape index (κ2) is 8.47. The summed E-state index contributed by atoms with van der Waals surface area (Å²) in [6.07, 6.45) is 3.53. The van der Waals surface area contributed by atoms with Gasteiger partial charge in [0.05, 0.1) is 28.2 Å². The zero-order valence-electron chi connectivity index (χ0n) is 16.0. The summed E-state index contributed by atoms with van der Waals surface area (Å²) in [6.45, 7) is 1.69. The number of hydrogen-bond acceptors (Lipinski definition) is 4. The summed E-state index contributed by atoms with van der Waals surface area (Å²) in [5.74, 6) is 0.612. The number of fused-ring (bicyclic) bond motifs is 1. The van der Waals surface area contributed by atoms with Crippen LogP contribution in [0.1, 0.15) is 23.2 Å². The van der Waals surface area contributed by atoms with Crippen LogP contribution in [-0.4, -0.2) is 37.1 Å². The lowest BCUT2D eigenvalue weighted by Crippen LogP contribution is -2.44. The first-order valence-electron chi connectivity index (χ1n) is 9.49. The SMILES string of the molecule is COc1ccc2c(N3CCC(NC(=O)c4cccc(Cl)c4Cl)CC3)ccnc2c1. The van der Waals surface area contributed by atoms with Gasteiger partial charge in [0.1, 0.15) is 5.75 Å². The molecule has 1 aromatic heterocycles. The van der Waals surface area contributed by atoms with Crippen molar-refractivity contribution < 1.29 is 9.53 Å². The number of anilines is 1. The van der Waals surface area contributed by atoms with Gasteiger partial charge in [0.15, 0.2) is 0 Å². The van der Waals surface area contributed by atoms with Gasteiger partial charge in [-0.15, -0.1) is 0 Å². The second-order valence-corrected chi connectivity index (χ2v) is 7.83. The number of halogens is 2. The third-order valence-corrected chi connectivity index (χ3v) is 6.11.